The molecular formula is C14H14BrN5. The Morgan fingerprint density at radius 1 is 1.25 bits per heavy atom. The van der Waals surface area contributed by atoms with E-state index in [2.05, 4.69) is 32.2 Å². The zero-order valence-electron chi connectivity index (χ0n) is 11.0. The van der Waals surface area contributed by atoms with E-state index in [1.165, 1.54) is 0 Å². The van der Waals surface area contributed by atoms with Crippen molar-refractivity contribution in [3.05, 3.63) is 52.9 Å². The average molecular weight is 332 g/mol. The number of hydrogen-bond acceptors (Lipinski definition) is 3. The topological polar surface area (TPSA) is 61.7 Å². The fourth-order valence-corrected chi connectivity index (χ4v) is 2.50. The third kappa shape index (κ3) is 2.46. The van der Waals surface area contributed by atoms with Crippen LogP contribution < -0.4 is 5.73 Å². The molecule has 20 heavy (non-hydrogen) atoms. The molecule has 0 saturated heterocycles. The molecule has 2 N–H and O–H groups in total. The Balaban J connectivity index is 1.91. The highest BCUT2D eigenvalue weighted by Crippen LogP contribution is 2.24. The predicted molar refractivity (Wildman–Crippen MR) is 82.1 cm³/mol. The van der Waals surface area contributed by atoms with Crippen molar-refractivity contribution in [2.75, 3.05) is 5.73 Å². The Labute approximate surface area is 125 Å². The van der Waals surface area contributed by atoms with Crippen molar-refractivity contribution in [2.24, 2.45) is 7.05 Å². The summed E-state index contributed by atoms with van der Waals surface area (Å²) in [4.78, 5) is 0. The van der Waals surface area contributed by atoms with Crippen molar-refractivity contribution in [1.82, 2.24) is 19.6 Å². The number of hydrogen-bond donors (Lipinski definition) is 1. The van der Waals surface area contributed by atoms with E-state index in [1.54, 1.807) is 10.9 Å². The summed E-state index contributed by atoms with van der Waals surface area (Å²) in [7, 11) is 1.87. The maximum absolute atomic E-state index is 6.04. The molecule has 102 valence electrons. The lowest BCUT2D eigenvalue weighted by Crippen LogP contribution is -2.01. The van der Waals surface area contributed by atoms with Crippen LogP contribution >= 0.6 is 15.9 Å². The van der Waals surface area contributed by atoms with Crippen LogP contribution in [0.3, 0.4) is 0 Å². The van der Waals surface area contributed by atoms with E-state index in [1.807, 2.05) is 42.3 Å². The van der Waals surface area contributed by atoms with Crippen LogP contribution in [0.4, 0.5) is 5.69 Å². The Bertz CT molecular complexity index is 744. The maximum Gasteiger partial charge on any atom is 0.118 e. The van der Waals surface area contributed by atoms with Gasteiger partial charge in [-0.3, -0.25) is 9.36 Å². The molecule has 0 saturated carbocycles. The average Bonchev–Trinajstić information content (AvgIpc) is 2.98. The van der Waals surface area contributed by atoms with Crippen molar-refractivity contribution in [3.8, 4) is 11.3 Å². The van der Waals surface area contributed by atoms with Crippen LogP contribution in [0.5, 0.6) is 0 Å². The van der Waals surface area contributed by atoms with Gasteiger partial charge in [0.15, 0.2) is 0 Å². The molecule has 5 nitrogen and oxygen atoms in total. The molecule has 0 atom stereocenters. The number of nitrogen functional groups attached to an aromatic ring is 1. The number of aromatic nitrogens is 4. The minimum atomic E-state index is 0.657. The highest BCUT2D eigenvalue weighted by molar-refractivity contribution is 9.10. The maximum atomic E-state index is 6.04. The van der Waals surface area contributed by atoms with Crippen molar-refractivity contribution in [2.45, 2.75) is 6.54 Å². The summed E-state index contributed by atoms with van der Waals surface area (Å²) < 4.78 is 4.65. The molecule has 0 spiro atoms. The van der Waals surface area contributed by atoms with Crippen molar-refractivity contribution in [1.29, 1.82) is 0 Å². The molecule has 0 bridgehead atoms. The van der Waals surface area contributed by atoms with E-state index in [0.29, 0.717) is 12.2 Å². The van der Waals surface area contributed by atoms with Gasteiger partial charge in [0.1, 0.15) is 5.69 Å². The van der Waals surface area contributed by atoms with Gasteiger partial charge in [-0.2, -0.15) is 10.2 Å². The molecule has 0 radical (unpaired) electrons. The monoisotopic (exact) mass is 331 g/mol. The normalized spacial score (nSPS) is 10.9. The van der Waals surface area contributed by atoms with Crippen LogP contribution in [0.2, 0.25) is 0 Å². The molecule has 0 aliphatic heterocycles. The van der Waals surface area contributed by atoms with Crippen LogP contribution in [0.25, 0.3) is 11.3 Å². The second-order valence-electron chi connectivity index (χ2n) is 4.62. The number of halogens is 1. The van der Waals surface area contributed by atoms with Gasteiger partial charge in [-0.05, 0) is 11.6 Å². The van der Waals surface area contributed by atoms with Gasteiger partial charge >= 0.3 is 0 Å². The molecule has 1 aromatic carbocycles. The molecule has 3 aromatic rings. The van der Waals surface area contributed by atoms with Crippen molar-refractivity contribution >= 4 is 21.6 Å². The third-order valence-electron chi connectivity index (χ3n) is 3.06. The zero-order chi connectivity index (χ0) is 14.1. The molecule has 3 rings (SSSR count). The first kappa shape index (κ1) is 12.9. The van der Waals surface area contributed by atoms with E-state index in [9.17, 15) is 0 Å². The van der Waals surface area contributed by atoms with Gasteiger partial charge in [-0.1, -0.05) is 34.1 Å². The summed E-state index contributed by atoms with van der Waals surface area (Å²) in [5.41, 5.74) is 9.56. The lowest BCUT2D eigenvalue weighted by atomic mass is 10.2. The Morgan fingerprint density at radius 2 is 2.05 bits per heavy atom. The fraction of sp³-hybridized carbons (Fsp3) is 0.143. The number of anilines is 1. The summed E-state index contributed by atoms with van der Waals surface area (Å²) in [6, 6.07) is 8.08. The highest BCUT2D eigenvalue weighted by Gasteiger charge is 2.11. The lowest BCUT2D eigenvalue weighted by Gasteiger charge is -2.03. The van der Waals surface area contributed by atoms with Gasteiger partial charge in [0.25, 0.3) is 0 Å². The summed E-state index contributed by atoms with van der Waals surface area (Å²) in [5, 5.41) is 8.69. The largest absolute Gasteiger partial charge is 0.396 e. The summed E-state index contributed by atoms with van der Waals surface area (Å²) in [6.07, 6.45) is 5.52. The first-order valence-corrected chi connectivity index (χ1v) is 6.98. The molecule has 0 aliphatic rings. The quantitative estimate of drug-likeness (QED) is 0.802. The number of nitrogens with two attached hydrogens (primary N) is 1. The molecule has 0 fully saturated rings. The molecule has 0 amide bonds. The van der Waals surface area contributed by atoms with Gasteiger partial charge in [0, 0.05) is 29.5 Å². The minimum absolute atomic E-state index is 0.657. The van der Waals surface area contributed by atoms with E-state index in [4.69, 9.17) is 5.73 Å². The van der Waals surface area contributed by atoms with Crippen molar-refractivity contribution in [3.63, 3.8) is 0 Å². The predicted octanol–water partition coefficient (Wildman–Crippen LogP) is 2.68. The molecule has 2 aromatic heterocycles. The van der Waals surface area contributed by atoms with E-state index >= 15 is 0 Å². The molecule has 6 heteroatoms. The van der Waals surface area contributed by atoms with Crippen LogP contribution in [0.1, 0.15) is 5.56 Å². The number of nitrogens with zero attached hydrogens (tertiary/aromatic N) is 4. The van der Waals surface area contributed by atoms with E-state index in [0.717, 1.165) is 21.3 Å². The highest BCUT2D eigenvalue weighted by atomic mass is 79.9. The molecule has 0 unspecified atom stereocenters. The van der Waals surface area contributed by atoms with Crippen molar-refractivity contribution < 1.29 is 0 Å². The lowest BCUT2D eigenvalue weighted by molar-refractivity contribution is 0.687. The SMILES string of the molecule is Cn1cc(-c2nn(Cc3ccccc3Br)cc2N)cn1. The molecule has 2 heterocycles. The Morgan fingerprint density at radius 3 is 2.75 bits per heavy atom. The summed E-state index contributed by atoms with van der Waals surface area (Å²) in [6.45, 7) is 0.673. The smallest absolute Gasteiger partial charge is 0.118 e. The first-order valence-electron chi connectivity index (χ1n) is 6.19. The van der Waals surface area contributed by atoms with E-state index in [-0.39, 0.29) is 0 Å². The van der Waals surface area contributed by atoms with Gasteiger partial charge in [-0.25, -0.2) is 0 Å². The van der Waals surface area contributed by atoms with Gasteiger partial charge in [0.05, 0.1) is 18.4 Å². The first-order chi connectivity index (χ1) is 9.63. The number of rotatable bonds is 3. The number of aryl methyl sites for hydroxylation is 1. The van der Waals surface area contributed by atoms with Gasteiger partial charge in [0.2, 0.25) is 0 Å². The fourth-order valence-electron chi connectivity index (χ4n) is 2.09. The Hall–Kier alpha value is -2.08. The second-order valence-corrected chi connectivity index (χ2v) is 5.48. The molecular weight excluding hydrogens is 318 g/mol. The number of benzene rings is 1. The molecule has 0 aliphatic carbocycles. The van der Waals surface area contributed by atoms with Gasteiger partial charge in [-0.15, -0.1) is 0 Å². The van der Waals surface area contributed by atoms with Crippen LogP contribution in [0.15, 0.2) is 47.3 Å². The second kappa shape index (κ2) is 5.13. The van der Waals surface area contributed by atoms with Gasteiger partial charge < -0.3 is 5.73 Å². The summed E-state index contributed by atoms with van der Waals surface area (Å²) in [5.74, 6) is 0. The van der Waals surface area contributed by atoms with Crippen LogP contribution in [-0.2, 0) is 13.6 Å². The van der Waals surface area contributed by atoms with Crippen LogP contribution in [0, 0.1) is 0 Å². The Kier molecular flexibility index (Phi) is 3.31. The zero-order valence-corrected chi connectivity index (χ0v) is 12.6. The third-order valence-corrected chi connectivity index (χ3v) is 3.83. The van der Waals surface area contributed by atoms with Crippen LogP contribution in [-0.4, -0.2) is 19.6 Å². The standard InChI is InChI=1S/C14H14BrN5/c1-19-7-11(6-17-19)14-13(16)9-20(18-14)8-10-4-2-3-5-12(10)15/h2-7,9H,8,16H2,1H3. The summed E-state index contributed by atoms with van der Waals surface area (Å²) >= 11 is 3.54. The minimum Gasteiger partial charge on any atom is -0.396 e. The van der Waals surface area contributed by atoms with E-state index < -0.39 is 0 Å².